The summed E-state index contributed by atoms with van der Waals surface area (Å²) < 4.78 is 18.1. The summed E-state index contributed by atoms with van der Waals surface area (Å²) in [5, 5.41) is 3.43. The molecule has 88 valence electrons. The quantitative estimate of drug-likeness (QED) is 0.849. The molecular weight excluding hydrogens is 205 g/mol. The summed E-state index contributed by atoms with van der Waals surface area (Å²) in [5.74, 6) is -0.191. The molecule has 0 bridgehead atoms. The molecule has 2 unspecified atom stereocenters. The summed E-state index contributed by atoms with van der Waals surface area (Å²) in [6.07, 6.45) is 4.91. The number of hydrogen-bond acceptors (Lipinski definition) is 2. The molecule has 3 heteroatoms. The van der Waals surface area contributed by atoms with E-state index >= 15 is 0 Å². The molecule has 2 rings (SSSR count). The standard InChI is InChI=1S/C13H18FNO/c1-16-13-4-2-3-12(9-13)15-11-7-5-10(14)6-8-11/h5-8,12-13,15H,2-4,9H2,1H3. The zero-order valence-corrected chi connectivity index (χ0v) is 9.58. The highest BCUT2D eigenvalue weighted by Crippen LogP contribution is 2.23. The maximum Gasteiger partial charge on any atom is 0.123 e. The minimum absolute atomic E-state index is 0.191. The largest absolute Gasteiger partial charge is 0.382 e. The Kier molecular flexibility index (Phi) is 3.78. The van der Waals surface area contributed by atoms with E-state index in [1.54, 1.807) is 19.2 Å². The number of halogens is 1. The van der Waals surface area contributed by atoms with Gasteiger partial charge in [-0.2, -0.15) is 0 Å². The summed E-state index contributed by atoms with van der Waals surface area (Å²) in [6.45, 7) is 0. The Morgan fingerprint density at radius 1 is 1.25 bits per heavy atom. The van der Waals surface area contributed by atoms with E-state index < -0.39 is 0 Å². The van der Waals surface area contributed by atoms with Crippen LogP contribution >= 0.6 is 0 Å². The molecule has 0 saturated heterocycles. The van der Waals surface area contributed by atoms with E-state index in [1.807, 2.05) is 0 Å². The highest BCUT2D eigenvalue weighted by Gasteiger charge is 2.21. The van der Waals surface area contributed by atoms with Crippen molar-refractivity contribution in [2.24, 2.45) is 0 Å². The van der Waals surface area contributed by atoms with Crippen LogP contribution in [0.25, 0.3) is 0 Å². The van der Waals surface area contributed by atoms with Gasteiger partial charge in [0.25, 0.3) is 0 Å². The van der Waals surface area contributed by atoms with Gasteiger partial charge in [0.1, 0.15) is 5.82 Å². The Bertz CT molecular complexity index is 325. The molecule has 0 heterocycles. The monoisotopic (exact) mass is 223 g/mol. The van der Waals surface area contributed by atoms with Gasteiger partial charge in [0.2, 0.25) is 0 Å². The van der Waals surface area contributed by atoms with Gasteiger partial charge in [-0.1, -0.05) is 0 Å². The second-order valence-electron chi connectivity index (χ2n) is 4.37. The normalized spacial score (nSPS) is 25.4. The van der Waals surface area contributed by atoms with Gasteiger partial charge in [0.05, 0.1) is 6.10 Å². The van der Waals surface area contributed by atoms with Crippen molar-refractivity contribution in [1.29, 1.82) is 0 Å². The molecule has 0 radical (unpaired) electrons. The molecule has 1 aliphatic carbocycles. The Morgan fingerprint density at radius 2 is 2.00 bits per heavy atom. The van der Waals surface area contributed by atoms with Crippen LogP contribution in [-0.2, 0) is 4.74 Å². The van der Waals surface area contributed by atoms with Crippen molar-refractivity contribution in [2.45, 2.75) is 37.8 Å². The molecule has 16 heavy (non-hydrogen) atoms. The molecule has 1 aliphatic rings. The lowest BCUT2D eigenvalue weighted by molar-refractivity contribution is 0.0669. The maximum atomic E-state index is 12.7. The lowest BCUT2D eigenvalue weighted by atomic mass is 9.92. The van der Waals surface area contributed by atoms with Gasteiger partial charge in [0, 0.05) is 18.8 Å². The summed E-state index contributed by atoms with van der Waals surface area (Å²) >= 11 is 0. The SMILES string of the molecule is COC1CCCC(Nc2ccc(F)cc2)C1. The van der Waals surface area contributed by atoms with Crippen molar-refractivity contribution in [1.82, 2.24) is 0 Å². The van der Waals surface area contributed by atoms with Gasteiger partial charge in [-0.25, -0.2) is 4.39 Å². The van der Waals surface area contributed by atoms with Crippen molar-refractivity contribution in [3.63, 3.8) is 0 Å². The molecule has 2 atom stereocenters. The first kappa shape index (κ1) is 11.4. The zero-order valence-electron chi connectivity index (χ0n) is 9.58. The molecule has 1 N–H and O–H groups in total. The van der Waals surface area contributed by atoms with E-state index in [4.69, 9.17) is 4.74 Å². The molecular formula is C13H18FNO. The average Bonchev–Trinajstić information content (AvgIpc) is 2.32. The van der Waals surface area contributed by atoms with E-state index in [0.717, 1.165) is 24.9 Å². The second-order valence-corrected chi connectivity index (χ2v) is 4.37. The van der Waals surface area contributed by atoms with Crippen LogP contribution in [0, 0.1) is 5.82 Å². The minimum atomic E-state index is -0.191. The summed E-state index contributed by atoms with van der Waals surface area (Å²) in [7, 11) is 1.77. The lowest BCUT2D eigenvalue weighted by Crippen LogP contribution is -2.30. The molecule has 1 aromatic rings. The number of methoxy groups -OCH3 is 1. The van der Waals surface area contributed by atoms with Crippen molar-refractivity contribution in [3.8, 4) is 0 Å². The van der Waals surface area contributed by atoms with Gasteiger partial charge in [-0.3, -0.25) is 0 Å². The van der Waals surface area contributed by atoms with E-state index in [0.29, 0.717) is 12.1 Å². The summed E-state index contributed by atoms with van der Waals surface area (Å²) in [5.41, 5.74) is 0.989. The van der Waals surface area contributed by atoms with E-state index in [-0.39, 0.29) is 5.82 Å². The number of rotatable bonds is 3. The van der Waals surface area contributed by atoms with E-state index in [1.165, 1.54) is 18.6 Å². The highest BCUT2D eigenvalue weighted by atomic mass is 19.1. The van der Waals surface area contributed by atoms with Gasteiger partial charge in [-0.15, -0.1) is 0 Å². The maximum absolute atomic E-state index is 12.7. The lowest BCUT2D eigenvalue weighted by Gasteiger charge is -2.29. The van der Waals surface area contributed by atoms with Crippen LogP contribution in [0.3, 0.4) is 0 Å². The molecule has 0 aromatic heterocycles. The number of ether oxygens (including phenoxy) is 1. The first-order valence-corrected chi connectivity index (χ1v) is 5.83. The first-order valence-electron chi connectivity index (χ1n) is 5.83. The van der Waals surface area contributed by atoms with Crippen LogP contribution in [0.5, 0.6) is 0 Å². The van der Waals surface area contributed by atoms with Gasteiger partial charge < -0.3 is 10.1 Å². The molecule has 0 amide bonds. The topological polar surface area (TPSA) is 21.3 Å². The Balaban J connectivity index is 1.91. The fraction of sp³-hybridized carbons (Fsp3) is 0.538. The first-order chi connectivity index (χ1) is 7.78. The number of nitrogens with one attached hydrogen (secondary N) is 1. The smallest absolute Gasteiger partial charge is 0.123 e. The third-order valence-electron chi connectivity index (χ3n) is 3.17. The molecule has 1 saturated carbocycles. The van der Waals surface area contributed by atoms with Crippen LogP contribution in [0.15, 0.2) is 24.3 Å². The van der Waals surface area contributed by atoms with Crippen molar-refractivity contribution >= 4 is 5.69 Å². The van der Waals surface area contributed by atoms with Gasteiger partial charge >= 0.3 is 0 Å². The van der Waals surface area contributed by atoms with E-state index in [9.17, 15) is 4.39 Å². The second kappa shape index (κ2) is 5.30. The van der Waals surface area contributed by atoms with Crippen LogP contribution in [0.2, 0.25) is 0 Å². The van der Waals surface area contributed by atoms with Crippen molar-refractivity contribution in [2.75, 3.05) is 12.4 Å². The predicted octanol–water partition coefficient (Wildman–Crippen LogP) is 3.20. The molecule has 1 aromatic carbocycles. The molecule has 0 spiro atoms. The highest BCUT2D eigenvalue weighted by molar-refractivity contribution is 5.43. The predicted molar refractivity (Wildman–Crippen MR) is 63.1 cm³/mol. The third kappa shape index (κ3) is 2.95. The Hall–Kier alpha value is -1.09. The molecule has 0 aliphatic heterocycles. The van der Waals surface area contributed by atoms with Crippen LogP contribution in [-0.4, -0.2) is 19.3 Å². The zero-order chi connectivity index (χ0) is 11.4. The fourth-order valence-electron chi connectivity index (χ4n) is 2.27. The van der Waals surface area contributed by atoms with Gasteiger partial charge in [-0.05, 0) is 49.9 Å². The number of benzene rings is 1. The van der Waals surface area contributed by atoms with Crippen LogP contribution in [0.1, 0.15) is 25.7 Å². The summed E-state index contributed by atoms with van der Waals surface area (Å²) in [6, 6.07) is 6.99. The van der Waals surface area contributed by atoms with E-state index in [2.05, 4.69) is 5.32 Å². The third-order valence-corrected chi connectivity index (χ3v) is 3.17. The van der Waals surface area contributed by atoms with Crippen molar-refractivity contribution in [3.05, 3.63) is 30.1 Å². The number of hydrogen-bond donors (Lipinski definition) is 1. The number of anilines is 1. The summed E-state index contributed by atoms with van der Waals surface area (Å²) in [4.78, 5) is 0. The fourth-order valence-corrected chi connectivity index (χ4v) is 2.27. The Morgan fingerprint density at radius 3 is 2.69 bits per heavy atom. The van der Waals surface area contributed by atoms with Gasteiger partial charge in [0.15, 0.2) is 0 Å². The van der Waals surface area contributed by atoms with Crippen molar-refractivity contribution < 1.29 is 9.13 Å². The molecule has 2 nitrogen and oxygen atoms in total. The van der Waals surface area contributed by atoms with Crippen LogP contribution in [0.4, 0.5) is 10.1 Å². The molecule has 1 fully saturated rings. The minimum Gasteiger partial charge on any atom is -0.382 e. The average molecular weight is 223 g/mol. The van der Waals surface area contributed by atoms with Crippen LogP contribution < -0.4 is 5.32 Å². The Labute approximate surface area is 95.8 Å².